The highest BCUT2D eigenvalue weighted by atomic mass is 35.5. The predicted molar refractivity (Wildman–Crippen MR) is 48.8 cm³/mol. The van der Waals surface area contributed by atoms with Crippen LogP contribution in [-0.4, -0.2) is 20.6 Å². The number of carboxylic acid groups (broad SMARTS) is 1. The molecule has 1 N–H and O–H groups in total. The lowest BCUT2D eigenvalue weighted by atomic mass is 10.2. The van der Waals surface area contributed by atoms with Gasteiger partial charge >= 0.3 is 5.97 Å². The second-order valence-electron chi connectivity index (χ2n) is 2.98. The predicted octanol–water partition coefficient (Wildman–Crippen LogP) is 1.57. The zero-order valence-electron chi connectivity index (χ0n) is 7.49. The maximum absolute atomic E-state index is 10.6. The molecule has 0 saturated heterocycles. The van der Waals surface area contributed by atoms with Crippen LogP contribution < -0.4 is 0 Å². The summed E-state index contributed by atoms with van der Waals surface area (Å²) in [5.41, 5.74) is 0. The summed E-state index contributed by atoms with van der Waals surface area (Å²) in [5.74, 6) is -0.548. The number of carbonyl (C=O) groups is 1. The van der Waals surface area contributed by atoms with Crippen molar-refractivity contribution >= 4 is 17.6 Å². The Hall–Kier alpha value is -1.03. The number of imidazole rings is 1. The average molecular weight is 203 g/mol. The molecule has 0 fully saturated rings. The summed E-state index contributed by atoms with van der Waals surface area (Å²) in [4.78, 5) is 14.5. The third-order valence-corrected chi connectivity index (χ3v) is 2.19. The topological polar surface area (TPSA) is 55.1 Å². The van der Waals surface area contributed by atoms with Gasteiger partial charge in [0.05, 0.1) is 12.1 Å². The number of aryl methyl sites for hydroxylation is 1. The summed E-state index contributed by atoms with van der Waals surface area (Å²) in [6.07, 6.45) is 1.52. The maximum Gasteiger partial charge on any atom is 0.308 e. The van der Waals surface area contributed by atoms with Crippen LogP contribution >= 0.6 is 11.6 Å². The molecule has 0 saturated carbocycles. The van der Waals surface area contributed by atoms with Crippen molar-refractivity contribution in [2.75, 3.05) is 0 Å². The van der Waals surface area contributed by atoms with Crippen molar-refractivity contribution in [3.8, 4) is 0 Å². The van der Waals surface area contributed by atoms with Gasteiger partial charge in [0.25, 0.3) is 0 Å². The summed E-state index contributed by atoms with van der Waals surface area (Å²) < 4.78 is 1.68. The molecule has 1 aromatic heterocycles. The third kappa shape index (κ3) is 2.21. The fraction of sp³-hybridized carbons (Fsp3) is 0.500. The minimum atomic E-state index is -0.829. The molecule has 1 unspecified atom stereocenters. The van der Waals surface area contributed by atoms with Crippen molar-refractivity contribution in [2.24, 2.45) is 5.92 Å². The number of aliphatic carboxylic acids is 1. The van der Waals surface area contributed by atoms with Crippen molar-refractivity contribution in [1.82, 2.24) is 9.55 Å². The van der Waals surface area contributed by atoms with E-state index in [9.17, 15) is 4.79 Å². The van der Waals surface area contributed by atoms with Crippen molar-refractivity contribution < 1.29 is 9.90 Å². The normalized spacial score (nSPS) is 12.8. The highest BCUT2D eigenvalue weighted by Crippen LogP contribution is 2.13. The molecule has 0 aliphatic rings. The van der Waals surface area contributed by atoms with E-state index in [-0.39, 0.29) is 0 Å². The highest BCUT2D eigenvalue weighted by Gasteiger charge is 2.14. The molecule has 0 radical (unpaired) electrons. The highest BCUT2D eigenvalue weighted by molar-refractivity contribution is 6.29. The summed E-state index contributed by atoms with van der Waals surface area (Å²) in [7, 11) is 0. The molecule has 0 spiro atoms. The van der Waals surface area contributed by atoms with Crippen LogP contribution in [-0.2, 0) is 11.3 Å². The number of aromatic nitrogens is 2. The summed E-state index contributed by atoms with van der Waals surface area (Å²) >= 11 is 5.80. The van der Waals surface area contributed by atoms with Gasteiger partial charge in [-0.05, 0) is 6.92 Å². The Kier molecular flexibility index (Phi) is 2.93. The third-order valence-electron chi connectivity index (χ3n) is 1.88. The zero-order chi connectivity index (χ0) is 10.0. The maximum atomic E-state index is 10.6. The molecule has 1 aromatic rings. The molecule has 0 bridgehead atoms. The SMILES string of the molecule is Cc1ncc(Cl)n1CC(C)C(=O)O. The molecule has 0 amide bonds. The van der Waals surface area contributed by atoms with E-state index in [1.165, 1.54) is 6.20 Å². The van der Waals surface area contributed by atoms with Gasteiger partial charge in [-0.15, -0.1) is 0 Å². The zero-order valence-corrected chi connectivity index (χ0v) is 8.25. The largest absolute Gasteiger partial charge is 0.481 e. The van der Waals surface area contributed by atoms with E-state index < -0.39 is 11.9 Å². The molecule has 0 aliphatic carbocycles. The van der Waals surface area contributed by atoms with Crippen LogP contribution in [0.5, 0.6) is 0 Å². The molecule has 13 heavy (non-hydrogen) atoms. The van der Waals surface area contributed by atoms with Crippen LogP contribution in [0, 0.1) is 12.8 Å². The Morgan fingerprint density at radius 1 is 1.85 bits per heavy atom. The average Bonchev–Trinajstić information content (AvgIpc) is 2.35. The van der Waals surface area contributed by atoms with E-state index in [2.05, 4.69) is 4.98 Å². The van der Waals surface area contributed by atoms with Gasteiger partial charge in [0.2, 0.25) is 0 Å². The van der Waals surface area contributed by atoms with E-state index in [0.29, 0.717) is 11.7 Å². The number of nitrogens with zero attached hydrogens (tertiary/aromatic N) is 2. The van der Waals surface area contributed by atoms with Crippen LogP contribution in [0.15, 0.2) is 6.20 Å². The quantitative estimate of drug-likeness (QED) is 0.810. The van der Waals surface area contributed by atoms with Gasteiger partial charge in [0.1, 0.15) is 11.0 Å². The van der Waals surface area contributed by atoms with Crippen LogP contribution in [0.1, 0.15) is 12.7 Å². The Balaban J connectivity index is 2.79. The molecule has 1 heterocycles. The van der Waals surface area contributed by atoms with Crippen molar-refractivity contribution in [3.05, 3.63) is 17.2 Å². The van der Waals surface area contributed by atoms with Crippen LogP contribution in [0.25, 0.3) is 0 Å². The Morgan fingerprint density at radius 2 is 2.46 bits per heavy atom. The van der Waals surface area contributed by atoms with Crippen LogP contribution in [0.2, 0.25) is 5.15 Å². The monoisotopic (exact) mass is 202 g/mol. The molecule has 4 nitrogen and oxygen atoms in total. The van der Waals surface area contributed by atoms with Crippen molar-refractivity contribution in [1.29, 1.82) is 0 Å². The molecule has 5 heteroatoms. The van der Waals surface area contributed by atoms with E-state index in [0.717, 1.165) is 5.82 Å². The van der Waals surface area contributed by atoms with E-state index in [1.807, 2.05) is 0 Å². The number of carboxylic acids is 1. The van der Waals surface area contributed by atoms with Gasteiger partial charge in [0, 0.05) is 6.54 Å². The lowest BCUT2D eigenvalue weighted by Gasteiger charge is -2.09. The lowest BCUT2D eigenvalue weighted by Crippen LogP contribution is -2.17. The first-order valence-corrected chi connectivity index (χ1v) is 4.30. The Bertz CT molecular complexity index is 302. The lowest BCUT2D eigenvalue weighted by molar-refractivity contribution is -0.141. The van der Waals surface area contributed by atoms with Crippen LogP contribution in [0.3, 0.4) is 0 Å². The number of hydrogen-bond acceptors (Lipinski definition) is 2. The number of hydrogen-bond donors (Lipinski definition) is 1. The summed E-state index contributed by atoms with van der Waals surface area (Å²) in [6, 6.07) is 0. The molecule has 1 rings (SSSR count). The van der Waals surface area contributed by atoms with E-state index in [1.54, 1.807) is 18.4 Å². The smallest absolute Gasteiger partial charge is 0.308 e. The van der Waals surface area contributed by atoms with Crippen molar-refractivity contribution in [3.63, 3.8) is 0 Å². The minimum absolute atomic E-state index is 0.361. The fourth-order valence-corrected chi connectivity index (χ4v) is 1.25. The number of rotatable bonds is 3. The molecule has 72 valence electrons. The minimum Gasteiger partial charge on any atom is -0.481 e. The van der Waals surface area contributed by atoms with Gasteiger partial charge in [-0.25, -0.2) is 4.98 Å². The first-order valence-electron chi connectivity index (χ1n) is 3.92. The second kappa shape index (κ2) is 3.79. The van der Waals surface area contributed by atoms with Gasteiger partial charge in [-0.2, -0.15) is 0 Å². The number of halogens is 1. The Labute approximate surface area is 81.2 Å². The van der Waals surface area contributed by atoms with Gasteiger partial charge < -0.3 is 9.67 Å². The molecule has 1 atom stereocenters. The molecule has 0 aromatic carbocycles. The summed E-state index contributed by atoms with van der Waals surface area (Å²) in [5, 5.41) is 9.16. The first-order chi connectivity index (χ1) is 6.02. The molecular formula is C8H11ClN2O2. The van der Waals surface area contributed by atoms with E-state index in [4.69, 9.17) is 16.7 Å². The first kappa shape index (κ1) is 10.1. The molecular weight excluding hydrogens is 192 g/mol. The summed E-state index contributed by atoms with van der Waals surface area (Å²) in [6.45, 7) is 3.79. The Morgan fingerprint density at radius 3 is 2.85 bits per heavy atom. The second-order valence-corrected chi connectivity index (χ2v) is 3.37. The van der Waals surface area contributed by atoms with Gasteiger partial charge in [-0.1, -0.05) is 18.5 Å². The van der Waals surface area contributed by atoms with Gasteiger partial charge in [-0.3, -0.25) is 4.79 Å². The van der Waals surface area contributed by atoms with Crippen LogP contribution in [0.4, 0.5) is 0 Å². The molecule has 0 aliphatic heterocycles. The van der Waals surface area contributed by atoms with Gasteiger partial charge in [0.15, 0.2) is 0 Å². The van der Waals surface area contributed by atoms with Crippen molar-refractivity contribution in [2.45, 2.75) is 20.4 Å². The standard InChI is InChI=1S/C8H11ClN2O2/c1-5(8(12)13)4-11-6(2)10-3-7(11)9/h3,5H,4H2,1-2H3,(H,12,13). The fourth-order valence-electron chi connectivity index (χ4n) is 1.01. The van der Waals surface area contributed by atoms with E-state index >= 15 is 0 Å².